The van der Waals surface area contributed by atoms with Gasteiger partial charge in [-0.3, -0.25) is 0 Å². The summed E-state index contributed by atoms with van der Waals surface area (Å²) in [6, 6.07) is 57.8. The highest BCUT2D eigenvalue weighted by molar-refractivity contribution is 6.22. The molecule has 0 aliphatic carbocycles. The smallest absolute Gasteiger partial charge is 0.147 e. The predicted molar refractivity (Wildman–Crippen MR) is 213 cm³/mol. The number of para-hydroxylation sites is 3. The van der Waals surface area contributed by atoms with Crippen LogP contribution >= 0.6 is 0 Å². The summed E-state index contributed by atoms with van der Waals surface area (Å²) in [5.74, 6) is 0. The van der Waals surface area contributed by atoms with Crippen molar-refractivity contribution >= 4 is 87.6 Å². The molecular formula is C48H27NO3. The number of rotatable bonds is 3. The number of aromatic nitrogens is 1. The molecule has 0 saturated carbocycles. The Kier molecular flexibility index (Phi) is 5.47. The maximum atomic E-state index is 6.68. The van der Waals surface area contributed by atoms with Crippen LogP contribution in [-0.2, 0) is 0 Å². The zero-order chi connectivity index (χ0) is 33.9. The highest BCUT2D eigenvalue weighted by Gasteiger charge is 2.19. The molecule has 0 atom stereocenters. The fourth-order valence-electron chi connectivity index (χ4n) is 8.39. The molecule has 12 rings (SSSR count). The van der Waals surface area contributed by atoms with E-state index in [2.05, 4.69) is 156 Å². The second-order valence-corrected chi connectivity index (χ2v) is 13.7. The molecule has 0 saturated heterocycles. The minimum atomic E-state index is 0.815. The van der Waals surface area contributed by atoms with E-state index in [1.807, 2.05) is 12.1 Å². The molecule has 0 aliphatic rings. The first kappa shape index (κ1) is 27.7. The van der Waals surface area contributed by atoms with Gasteiger partial charge >= 0.3 is 0 Å². The lowest BCUT2D eigenvalue weighted by Gasteiger charge is -2.07. The Hall–Kier alpha value is -7.04. The summed E-state index contributed by atoms with van der Waals surface area (Å²) in [6.07, 6.45) is 0. The van der Waals surface area contributed by atoms with E-state index in [1.54, 1.807) is 0 Å². The van der Waals surface area contributed by atoms with E-state index < -0.39 is 0 Å². The molecule has 0 aliphatic heterocycles. The SMILES string of the molecule is c1cc(-c2ccc3oc4ccccc4c3c2)cc(-c2ccc3oc4ccc5c6cc(-n7c8ccccc8c8ccccc87)ccc6oc5c4c3c2)c1. The number of nitrogens with zero attached hydrogens (tertiary/aromatic N) is 1. The van der Waals surface area contributed by atoms with E-state index in [-0.39, 0.29) is 0 Å². The molecule has 242 valence electrons. The summed E-state index contributed by atoms with van der Waals surface area (Å²) in [6.45, 7) is 0. The van der Waals surface area contributed by atoms with Crippen LogP contribution in [0.1, 0.15) is 0 Å². The van der Waals surface area contributed by atoms with Crippen molar-refractivity contribution in [3.63, 3.8) is 0 Å². The van der Waals surface area contributed by atoms with E-state index in [1.165, 1.54) is 21.8 Å². The molecule has 12 aromatic rings. The number of fused-ring (bicyclic) bond motifs is 13. The molecule has 4 nitrogen and oxygen atoms in total. The molecule has 0 amide bonds. The molecular weight excluding hydrogens is 639 g/mol. The van der Waals surface area contributed by atoms with E-state index in [0.717, 1.165) is 93.8 Å². The molecule has 4 heteroatoms. The third-order valence-electron chi connectivity index (χ3n) is 10.8. The lowest BCUT2D eigenvalue weighted by molar-refractivity contribution is 0.662. The average molecular weight is 666 g/mol. The summed E-state index contributed by atoms with van der Waals surface area (Å²) in [7, 11) is 0. The highest BCUT2D eigenvalue weighted by Crippen LogP contribution is 2.42. The Morgan fingerprint density at radius 2 is 0.846 bits per heavy atom. The van der Waals surface area contributed by atoms with Gasteiger partial charge in [0.25, 0.3) is 0 Å². The monoisotopic (exact) mass is 665 g/mol. The Labute approximate surface area is 296 Å². The minimum absolute atomic E-state index is 0.815. The van der Waals surface area contributed by atoms with Gasteiger partial charge in [0.05, 0.1) is 16.4 Å². The van der Waals surface area contributed by atoms with Crippen molar-refractivity contribution in [2.75, 3.05) is 0 Å². The van der Waals surface area contributed by atoms with Crippen LogP contribution in [0.5, 0.6) is 0 Å². The predicted octanol–water partition coefficient (Wildman–Crippen LogP) is 13.8. The van der Waals surface area contributed by atoms with Crippen molar-refractivity contribution in [1.29, 1.82) is 0 Å². The number of hydrogen-bond acceptors (Lipinski definition) is 3. The van der Waals surface area contributed by atoms with E-state index in [4.69, 9.17) is 13.3 Å². The third kappa shape index (κ3) is 3.86. The molecule has 4 aromatic heterocycles. The Morgan fingerprint density at radius 3 is 1.62 bits per heavy atom. The van der Waals surface area contributed by atoms with Crippen LogP contribution in [0.2, 0.25) is 0 Å². The molecule has 0 bridgehead atoms. The van der Waals surface area contributed by atoms with Crippen LogP contribution in [0.25, 0.3) is 116 Å². The standard InChI is InChI=1S/C48H27NO3/c1-4-13-40-33(10-1)34-11-2-5-14-41(34)49(40)32-18-22-44-38(27-32)36-19-23-46-47(48(36)52-44)39-26-31(17-21-45(39)51-46)29-9-7-8-28(24-29)30-16-20-43-37(25-30)35-12-3-6-15-42(35)50-43/h1-27H. The van der Waals surface area contributed by atoms with Crippen LogP contribution < -0.4 is 0 Å². The minimum Gasteiger partial charge on any atom is -0.456 e. The first-order chi connectivity index (χ1) is 25.7. The molecule has 0 unspecified atom stereocenters. The van der Waals surface area contributed by atoms with Crippen molar-refractivity contribution < 1.29 is 13.3 Å². The fraction of sp³-hybridized carbons (Fsp3) is 0. The van der Waals surface area contributed by atoms with Gasteiger partial charge in [0, 0.05) is 43.4 Å². The fourth-order valence-corrected chi connectivity index (χ4v) is 8.39. The van der Waals surface area contributed by atoms with Gasteiger partial charge in [0.1, 0.15) is 33.5 Å². The Balaban J connectivity index is 1.01. The van der Waals surface area contributed by atoms with Gasteiger partial charge in [-0.1, -0.05) is 84.9 Å². The quantitative estimate of drug-likeness (QED) is 0.189. The zero-order valence-electron chi connectivity index (χ0n) is 27.8. The van der Waals surface area contributed by atoms with Crippen molar-refractivity contribution in [1.82, 2.24) is 4.57 Å². The van der Waals surface area contributed by atoms with Gasteiger partial charge in [0.2, 0.25) is 0 Å². The van der Waals surface area contributed by atoms with Crippen molar-refractivity contribution in [3.8, 4) is 27.9 Å². The third-order valence-corrected chi connectivity index (χ3v) is 10.8. The number of benzene rings is 8. The number of hydrogen-bond donors (Lipinski definition) is 0. The van der Waals surface area contributed by atoms with Crippen LogP contribution in [-0.4, -0.2) is 4.57 Å². The molecule has 0 spiro atoms. The molecule has 0 N–H and O–H groups in total. The summed E-state index contributed by atoms with van der Waals surface area (Å²) in [4.78, 5) is 0. The molecule has 0 radical (unpaired) electrons. The maximum absolute atomic E-state index is 6.68. The van der Waals surface area contributed by atoms with Crippen LogP contribution in [0.4, 0.5) is 0 Å². The molecule has 52 heavy (non-hydrogen) atoms. The Bertz CT molecular complexity index is 3370. The summed E-state index contributed by atoms with van der Waals surface area (Å²) < 4.78 is 21.5. The highest BCUT2D eigenvalue weighted by atomic mass is 16.3. The summed E-state index contributed by atoms with van der Waals surface area (Å²) >= 11 is 0. The molecule has 4 heterocycles. The van der Waals surface area contributed by atoms with Gasteiger partial charge < -0.3 is 17.8 Å². The lowest BCUT2D eigenvalue weighted by atomic mass is 9.97. The van der Waals surface area contributed by atoms with Gasteiger partial charge in [-0.15, -0.1) is 0 Å². The maximum Gasteiger partial charge on any atom is 0.147 e. The Morgan fingerprint density at radius 1 is 0.308 bits per heavy atom. The van der Waals surface area contributed by atoms with E-state index in [0.29, 0.717) is 0 Å². The summed E-state index contributed by atoms with van der Waals surface area (Å²) in [5.41, 5.74) is 13.2. The normalized spacial score (nSPS) is 12.2. The van der Waals surface area contributed by atoms with Crippen LogP contribution in [0.3, 0.4) is 0 Å². The summed E-state index contributed by atoms with van der Waals surface area (Å²) in [5, 5.41) is 8.94. The van der Waals surface area contributed by atoms with Crippen LogP contribution in [0.15, 0.2) is 177 Å². The first-order valence-corrected chi connectivity index (χ1v) is 17.6. The second-order valence-electron chi connectivity index (χ2n) is 13.7. The topological polar surface area (TPSA) is 44.4 Å². The molecule has 8 aromatic carbocycles. The second kappa shape index (κ2) is 10.3. The van der Waals surface area contributed by atoms with Gasteiger partial charge in [-0.2, -0.15) is 0 Å². The zero-order valence-corrected chi connectivity index (χ0v) is 27.8. The van der Waals surface area contributed by atoms with Crippen molar-refractivity contribution in [2.45, 2.75) is 0 Å². The molecule has 0 fully saturated rings. The van der Waals surface area contributed by atoms with Gasteiger partial charge in [-0.05, 0) is 101 Å². The largest absolute Gasteiger partial charge is 0.456 e. The van der Waals surface area contributed by atoms with E-state index >= 15 is 0 Å². The number of furan rings is 3. The van der Waals surface area contributed by atoms with E-state index in [9.17, 15) is 0 Å². The van der Waals surface area contributed by atoms with Gasteiger partial charge in [-0.25, -0.2) is 0 Å². The average Bonchev–Trinajstić information content (AvgIpc) is 3.96. The first-order valence-electron chi connectivity index (χ1n) is 17.6. The van der Waals surface area contributed by atoms with Crippen molar-refractivity contribution in [2.24, 2.45) is 0 Å². The van der Waals surface area contributed by atoms with Crippen molar-refractivity contribution in [3.05, 3.63) is 164 Å². The van der Waals surface area contributed by atoms with Crippen LogP contribution in [0, 0.1) is 0 Å². The lowest BCUT2D eigenvalue weighted by Crippen LogP contribution is -1.93. The van der Waals surface area contributed by atoms with Gasteiger partial charge in [0.15, 0.2) is 0 Å².